The molecule has 0 atom stereocenters. The first-order chi connectivity index (χ1) is 5.61. The van der Waals surface area contributed by atoms with Crippen LogP contribution in [0.1, 0.15) is 38.1 Å². The molecule has 0 amide bonds. The van der Waals surface area contributed by atoms with Gasteiger partial charge in [0.05, 0.1) is 5.69 Å². The first-order valence-electron chi connectivity index (χ1n) is 4.09. The molecule has 0 aliphatic rings. The van der Waals surface area contributed by atoms with E-state index < -0.39 is 0 Å². The molecular formula is C10H14N2. The first-order valence-corrected chi connectivity index (χ1v) is 4.09. The number of rotatable bonds is 2. The maximum atomic E-state index is 4.17. The summed E-state index contributed by atoms with van der Waals surface area (Å²) in [5.41, 5.74) is 3.00. The van der Waals surface area contributed by atoms with Crippen molar-refractivity contribution in [1.29, 1.82) is 0 Å². The Labute approximate surface area is 73.4 Å². The van der Waals surface area contributed by atoms with Crippen molar-refractivity contribution in [2.45, 2.75) is 26.7 Å². The summed E-state index contributed by atoms with van der Waals surface area (Å²) in [5.74, 6) is 0.450. The summed E-state index contributed by atoms with van der Waals surface area (Å²) in [6, 6.07) is 1.99. The summed E-state index contributed by atoms with van der Waals surface area (Å²) in [5, 5.41) is 0. The lowest BCUT2D eigenvalue weighted by atomic mass is 10.1. The molecule has 1 heterocycles. The van der Waals surface area contributed by atoms with Crippen molar-refractivity contribution in [3.63, 3.8) is 0 Å². The Morgan fingerprint density at radius 3 is 2.58 bits per heavy atom. The Bertz CT molecular complexity index is 290. The van der Waals surface area contributed by atoms with E-state index in [0.29, 0.717) is 5.92 Å². The standard InChI is InChI=1S/C10H14N2/c1-7(2)9-5-10(8(3)4)12-6-11-9/h5-6,8H,1H2,2-4H3. The number of hydrogen-bond donors (Lipinski definition) is 0. The van der Waals surface area contributed by atoms with E-state index in [1.54, 1.807) is 6.33 Å². The van der Waals surface area contributed by atoms with Gasteiger partial charge in [-0.1, -0.05) is 20.4 Å². The van der Waals surface area contributed by atoms with Crippen LogP contribution in [0.15, 0.2) is 19.0 Å². The van der Waals surface area contributed by atoms with Crippen LogP contribution in [0.2, 0.25) is 0 Å². The van der Waals surface area contributed by atoms with Crippen molar-refractivity contribution in [1.82, 2.24) is 9.97 Å². The van der Waals surface area contributed by atoms with E-state index in [1.165, 1.54) is 0 Å². The summed E-state index contributed by atoms with van der Waals surface area (Å²) in [6.07, 6.45) is 1.60. The summed E-state index contributed by atoms with van der Waals surface area (Å²) < 4.78 is 0. The zero-order chi connectivity index (χ0) is 9.14. The molecule has 0 aromatic carbocycles. The Morgan fingerprint density at radius 1 is 1.42 bits per heavy atom. The fourth-order valence-corrected chi connectivity index (χ4v) is 0.921. The minimum Gasteiger partial charge on any atom is -0.241 e. The molecule has 2 nitrogen and oxygen atoms in total. The lowest BCUT2D eigenvalue weighted by Crippen LogP contribution is -1.95. The van der Waals surface area contributed by atoms with Gasteiger partial charge in [-0.25, -0.2) is 9.97 Å². The maximum absolute atomic E-state index is 4.17. The van der Waals surface area contributed by atoms with Crippen LogP contribution in [0.4, 0.5) is 0 Å². The van der Waals surface area contributed by atoms with Crippen molar-refractivity contribution < 1.29 is 0 Å². The molecule has 12 heavy (non-hydrogen) atoms. The Balaban J connectivity index is 3.04. The van der Waals surface area contributed by atoms with E-state index in [2.05, 4.69) is 30.4 Å². The molecule has 2 heteroatoms. The fraction of sp³-hybridized carbons (Fsp3) is 0.400. The Hall–Kier alpha value is -1.18. The largest absolute Gasteiger partial charge is 0.241 e. The molecule has 0 bridgehead atoms. The normalized spacial score (nSPS) is 10.3. The molecule has 0 saturated carbocycles. The molecule has 1 aromatic rings. The smallest absolute Gasteiger partial charge is 0.116 e. The van der Waals surface area contributed by atoms with E-state index in [1.807, 2.05) is 13.0 Å². The van der Waals surface area contributed by atoms with E-state index in [4.69, 9.17) is 0 Å². The van der Waals surface area contributed by atoms with Crippen LogP contribution < -0.4 is 0 Å². The molecule has 64 valence electrons. The Morgan fingerprint density at radius 2 is 2.08 bits per heavy atom. The van der Waals surface area contributed by atoms with Gasteiger partial charge in [-0.15, -0.1) is 0 Å². The third-order valence-electron chi connectivity index (χ3n) is 1.72. The second kappa shape index (κ2) is 3.48. The molecule has 1 rings (SSSR count). The average Bonchev–Trinajstić information content (AvgIpc) is 2.04. The number of allylic oxidation sites excluding steroid dienone is 1. The minimum atomic E-state index is 0.450. The van der Waals surface area contributed by atoms with Gasteiger partial charge in [0.25, 0.3) is 0 Å². The maximum Gasteiger partial charge on any atom is 0.116 e. The molecule has 0 saturated heterocycles. The highest BCUT2D eigenvalue weighted by molar-refractivity contribution is 5.57. The second-order valence-corrected chi connectivity index (χ2v) is 3.26. The second-order valence-electron chi connectivity index (χ2n) is 3.26. The molecule has 0 spiro atoms. The third kappa shape index (κ3) is 1.91. The molecule has 0 aliphatic heterocycles. The SMILES string of the molecule is C=C(C)c1cc(C(C)C)ncn1. The zero-order valence-corrected chi connectivity index (χ0v) is 7.83. The summed E-state index contributed by atoms with van der Waals surface area (Å²) in [4.78, 5) is 8.28. The van der Waals surface area contributed by atoms with Gasteiger partial charge in [-0.2, -0.15) is 0 Å². The van der Waals surface area contributed by atoms with Gasteiger partial charge in [0, 0.05) is 5.69 Å². The highest BCUT2D eigenvalue weighted by Gasteiger charge is 2.02. The lowest BCUT2D eigenvalue weighted by Gasteiger charge is -2.05. The van der Waals surface area contributed by atoms with Crippen molar-refractivity contribution >= 4 is 5.57 Å². The number of aromatic nitrogens is 2. The van der Waals surface area contributed by atoms with Gasteiger partial charge in [0.2, 0.25) is 0 Å². The minimum absolute atomic E-state index is 0.450. The summed E-state index contributed by atoms with van der Waals surface area (Å²) >= 11 is 0. The van der Waals surface area contributed by atoms with Crippen LogP contribution in [0.25, 0.3) is 5.57 Å². The molecule has 0 radical (unpaired) electrons. The number of nitrogens with zero attached hydrogens (tertiary/aromatic N) is 2. The lowest BCUT2D eigenvalue weighted by molar-refractivity contribution is 0.812. The van der Waals surface area contributed by atoms with Gasteiger partial charge < -0.3 is 0 Å². The molecule has 0 aliphatic carbocycles. The quantitative estimate of drug-likeness (QED) is 0.668. The summed E-state index contributed by atoms with van der Waals surface area (Å²) in [7, 11) is 0. The van der Waals surface area contributed by atoms with Crippen molar-refractivity contribution in [3.05, 3.63) is 30.4 Å². The molecule has 0 fully saturated rings. The first kappa shape index (κ1) is 8.91. The van der Waals surface area contributed by atoms with E-state index in [-0.39, 0.29) is 0 Å². The zero-order valence-electron chi connectivity index (χ0n) is 7.83. The summed E-state index contributed by atoms with van der Waals surface area (Å²) in [6.45, 7) is 10.0. The number of hydrogen-bond acceptors (Lipinski definition) is 2. The molecule has 0 N–H and O–H groups in total. The van der Waals surface area contributed by atoms with Gasteiger partial charge in [0.1, 0.15) is 6.33 Å². The topological polar surface area (TPSA) is 25.8 Å². The van der Waals surface area contributed by atoms with Crippen LogP contribution in [0, 0.1) is 0 Å². The Kier molecular flexibility index (Phi) is 2.58. The third-order valence-corrected chi connectivity index (χ3v) is 1.72. The van der Waals surface area contributed by atoms with Crippen molar-refractivity contribution in [2.75, 3.05) is 0 Å². The van der Waals surface area contributed by atoms with Crippen LogP contribution >= 0.6 is 0 Å². The van der Waals surface area contributed by atoms with Gasteiger partial charge in [-0.3, -0.25) is 0 Å². The van der Waals surface area contributed by atoms with Crippen molar-refractivity contribution in [3.8, 4) is 0 Å². The highest BCUT2D eigenvalue weighted by Crippen LogP contribution is 2.14. The van der Waals surface area contributed by atoms with Crippen molar-refractivity contribution in [2.24, 2.45) is 0 Å². The van der Waals surface area contributed by atoms with Gasteiger partial charge in [0.15, 0.2) is 0 Å². The highest BCUT2D eigenvalue weighted by atomic mass is 14.8. The van der Waals surface area contributed by atoms with Crippen LogP contribution in [-0.4, -0.2) is 9.97 Å². The van der Waals surface area contributed by atoms with E-state index in [9.17, 15) is 0 Å². The van der Waals surface area contributed by atoms with Crippen LogP contribution in [0.3, 0.4) is 0 Å². The molecular weight excluding hydrogens is 148 g/mol. The van der Waals surface area contributed by atoms with Crippen LogP contribution in [0.5, 0.6) is 0 Å². The van der Waals surface area contributed by atoms with E-state index >= 15 is 0 Å². The van der Waals surface area contributed by atoms with Crippen LogP contribution in [-0.2, 0) is 0 Å². The van der Waals surface area contributed by atoms with Gasteiger partial charge >= 0.3 is 0 Å². The fourth-order valence-electron chi connectivity index (χ4n) is 0.921. The van der Waals surface area contributed by atoms with E-state index in [0.717, 1.165) is 17.0 Å². The molecule has 0 unspecified atom stereocenters. The monoisotopic (exact) mass is 162 g/mol. The average molecular weight is 162 g/mol. The predicted molar refractivity (Wildman–Crippen MR) is 50.8 cm³/mol. The van der Waals surface area contributed by atoms with Gasteiger partial charge in [-0.05, 0) is 24.5 Å². The predicted octanol–water partition coefficient (Wildman–Crippen LogP) is 2.63. The molecule has 1 aromatic heterocycles.